The van der Waals surface area contributed by atoms with Crippen LogP contribution in [0.1, 0.15) is 5.56 Å². The topological polar surface area (TPSA) is 15.5 Å². The van der Waals surface area contributed by atoms with Crippen molar-refractivity contribution in [2.75, 3.05) is 25.1 Å². The number of nitrogens with zero attached hydrogens (tertiary/aromatic N) is 2. The predicted molar refractivity (Wildman–Crippen MR) is 84.8 cm³/mol. The molecule has 3 nitrogen and oxygen atoms in total. The van der Waals surface area contributed by atoms with Gasteiger partial charge in [-0.25, -0.2) is 0 Å². The van der Waals surface area contributed by atoms with Crippen molar-refractivity contribution in [1.29, 1.82) is 0 Å². The Morgan fingerprint density at radius 3 is 2.24 bits per heavy atom. The average Bonchev–Trinajstić information content (AvgIpc) is 2.99. The van der Waals surface area contributed by atoms with E-state index in [2.05, 4.69) is 52.3 Å². The Balaban J connectivity index is 1.36. The summed E-state index contributed by atoms with van der Waals surface area (Å²) < 4.78 is 5.22. The van der Waals surface area contributed by atoms with Crippen molar-refractivity contribution >= 4 is 5.69 Å². The van der Waals surface area contributed by atoms with Crippen LogP contribution in [0.2, 0.25) is 0 Å². The summed E-state index contributed by atoms with van der Waals surface area (Å²) in [4.78, 5) is 5.09. The molecule has 0 aliphatic carbocycles. The molecule has 108 valence electrons. The summed E-state index contributed by atoms with van der Waals surface area (Å²) in [6, 6.07) is 20.6. The molecule has 0 aromatic heterocycles. The maximum atomic E-state index is 5.22. The molecule has 2 unspecified atom stereocenters. The molecule has 0 radical (unpaired) electrons. The van der Waals surface area contributed by atoms with Gasteiger partial charge in [0, 0.05) is 37.4 Å². The van der Waals surface area contributed by atoms with E-state index in [-0.39, 0.29) is 0 Å². The summed E-state index contributed by atoms with van der Waals surface area (Å²) >= 11 is 0. The minimum atomic E-state index is 0.729. The second-order valence-corrected chi connectivity index (χ2v) is 5.90. The summed E-state index contributed by atoms with van der Waals surface area (Å²) in [5.41, 5.74) is 2.73. The predicted octanol–water partition coefficient (Wildman–Crippen LogP) is 2.77. The van der Waals surface area contributed by atoms with Crippen molar-refractivity contribution in [3.8, 4) is 5.75 Å². The minimum Gasteiger partial charge on any atom is -0.497 e. The van der Waals surface area contributed by atoms with Crippen LogP contribution in [0.3, 0.4) is 0 Å². The maximum absolute atomic E-state index is 5.22. The van der Waals surface area contributed by atoms with Crippen LogP contribution in [-0.4, -0.2) is 37.2 Å². The fourth-order valence-corrected chi connectivity index (χ4v) is 3.40. The highest BCUT2D eigenvalue weighted by Gasteiger charge is 2.53. The van der Waals surface area contributed by atoms with E-state index in [0.29, 0.717) is 0 Å². The first-order chi connectivity index (χ1) is 10.3. The number of rotatable bonds is 4. The normalized spacial score (nSPS) is 26.5. The highest BCUT2D eigenvalue weighted by molar-refractivity contribution is 5.52. The number of hydrogen-bond acceptors (Lipinski definition) is 3. The molecule has 4 rings (SSSR count). The van der Waals surface area contributed by atoms with Crippen LogP contribution >= 0.6 is 0 Å². The third kappa shape index (κ3) is 2.38. The third-order valence-electron chi connectivity index (χ3n) is 4.67. The van der Waals surface area contributed by atoms with E-state index in [1.807, 2.05) is 12.1 Å². The van der Waals surface area contributed by atoms with Crippen LogP contribution in [-0.2, 0) is 6.54 Å². The second-order valence-electron chi connectivity index (χ2n) is 5.90. The summed E-state index contributed by atoms with van der Waals surface area (Å²) in [6.07, 6.45) is 0. The average molecular weight is 280 g/mol. The Labute approximate surface area is 125 Å². The number of ether oxygens (including phenoxy) is 1. The van der Waals surface area contributed by atoms with Crippen molar-refractivity contribution in [3.63, 3.8) is 0 Å². The second kappa shape index (κ2) is 5.08. The molecule has 3 heteroatoms. The molecule has 21 heavy (non-hydrogen) atoms. The SMILES string of the molecule is COc1ccc(N2CC3C(C2)N3Cc2ccccc2)cc1. The van der Waals surface area contributed by atoms with Gasteiger partial charge >= 0.3 is 0 Å². The fourth-order valence-electron chi connectivity index (χ4n) is 3.40. The zero-order valence-electron chi connectivity index (χ0n) is 12.3. The quantitative estimate of drug-likeness (QED) is 0.801. The van der Waals surface area contributed by atoms with Crippen LogP contribution in [0.25, 0.3) is 0 Å². The van der Waals surface area contributed by atoms with E-state index in [1.165, 1.54) is 11.3 Å². The molecule has 0 amide bonds. The summed E-state index contributed by atoms with van der Waals surface area (Å²) in [6.45, 7) is 3.38. The number of methoxy groups -OCH3 is 1. The lowest BCUT2D eigenvalue weighted by Gasteiger charge is -2.23. The van der Waals surface area contributed by atoms with Crippen molar-refractivity contribution in [2.45, 2.75) is 18.6 Å². The molecule has 2 heterocycles. The Morgan fingerprint density at radius 2 is 1.62 bits per heavy atom. The summed E-state index contributed by atoms with van der Waals surface area (Å²) in [7, 11) is 1.71. The van der Waals surface area contributed by atoms with Gasteiger partial charge in [-0.1, -0.05) is 30.3 Å². The van der Waals surface area contributed by atoms with Gasteiger partial charge in [0.15, 0.2) is 0 Å². The molecule has 2 atom stereocenters. The lowest BCUT2D eigenvalue weighted by Crippen LogP contribution is -2.28. The number of piperazine rings is 1. The maximum Gasteiger partial charge on any atom is 0.119 e. The van der Waals surface area contributed by atoms with E-state index < -0.39 is 0 Å². The van der Waals surface area contributed by atoms with E-state index in [9.17, 15) is 0 Å². The van der Waals surface area contributed by atoms with Gasteiger partial charge in [0.1, 0.15) is 5.75 Å². The first-order valence-electron chi connectivity index (χ1n) is 7.54. The third-order valence-corrected chi connectivity index (χ3v) is 4.67. The van der Waals surface area contributed by atoms with Gasteiger partial charge in [0.25, 0.3) is 0 Å². The molecule has 0 N–H and O–H groups in total. The lowest BCUT2D eigenvalue weighted by atomic mass is 10.2. The van der Waals surface area contributed by atoms with Gasteiger partial charge in [0.05, 0.1) is 7.11 Å². The van der Waals surface area contributed by atoms with E-state index in [1.54, 1.807) is 7.11 Å². The number of anilines is 1. The van der Waals surface area contributed by atoms with E-state index >= 15 is 0 Å². The van der Waals surface area contributed by atoms with Gasteiger partial charge in [-0.2, -0.15) is 0 Å². The summed E-state index contributed by atoms with van der Waals surface area (Å²) in [5, 5.41) is 0. The van der Waals surface area contributed by atoms with Crippen LogP contribution < -0.4 is 9.64 Å². The van der Waals surface area contributed by atoms with E-state index in [4.69, 9.17) is 4.74 Å². The van der Waals surface area contributed by atoms with E-state index in [0.717, 1.165) is 37.5 Å². The van der Waals surface area contributed by atoms with Crippen molar-refractivity contribution < 1.29 is 4.74 Å². The number of hydrogen-bond donors (Lipinski definition) is 0. The first kappa shape index (κ1) is 12.7. The Hall–Kier alpha value is -2.00. The van der Waals surface area contributed by atoms with Crippen molar-refractivity contribution in [2.24, 2.45) is 0 Å². The zero-order chi connectivity index (χ0) is 14.2. The van der Waals surface area contributed by atoms with Crippen LogP contribution in [0.15, 0.2) is 54.6 Å². The molecule has 0 spiro atoms. The molecule has 2 aromatic carbocycles. The molecule has 2 aliphatic rings. The van der Waals surface area contributed by atoms with Gasteiger partial charge in [-0.05, 0) is 29.8 Å². The standard InChI is InChI=1S/C18H20N2O/c1-21-16-9-7-15(8-10-16)19-12-17-18(13-19)20(17)11-14-5-3-2-4-6-14/h2-10,17-18H,11-13H2,1H3. The van der Waals surface area contributed by atoms with Gasteiger partial charge < -0.3 is 9.64 Å². The molecule has 0 saturated carbocycles. The largest absolute Gasteiger partial charge is 0.497 e. The molecule has 2 aliphatic heterocycles. The molecule has 0 bridgehead atoms. The Morgan fingerprint density at radius 1 is 0.952 bits per heavy atom. The number of benzene rings is 2. The van der Waals surface area contributed by atoms with Gasteiger partial charge in [-0.3, -0.25) is 4.90 Å². The lowest BCUT2D eigenvalue weighted by molar-refractivity contribution is 0.414. The van der Waals surface area contributed by atoms with Crippen LogP contribution in [0, 0.1) is 0 Å². The van der Waals surface area contributed by atoms with Crippen molar-refractivity contribution in [3.05, 3.63) is 60.2 Å². The van der Waals surface area contributed by atoms with Gasteiger partial charge in [0.2, 0.25) is 0 Å². The minimum absolute atomic E-state index is 0.729. The molecule has 2 fully saturated rings. The van der Waals surface area contributed by atoms with Crippen LogP contribution in [0.4, 0.5) is 5.69 Å². The Kier molecular flexibility index (Phi) is 3.08. The highest BCUT2D eigenvalue weighted by Crippen LogP contribution is 2.39. The van der Waals surface area contributed by atoms with Gasteiger partial charge in [-0.15, -0.1) is 0 Å². The Bertz CT molecular complexity index is 599. The molecular formula is C18H20N2O. The number of fused-ring (bicyclic) bond motifs is 1. The van der Waals surface area contributed by atoms with Crippen LogP contribution in [0.5, 0.6) is 5.75 Å². The zero-order valence-corrected chi connectivity index (χ0v) is 12.3. The fraction of sp³-hybridized carbons (Fsp3) is 0.333. The molecule has 2 aromatic rings. The first-order valence-corrected chi connectivity index (χ1v) is 7.54. The van der Waals surface area contributed by atoms with Crippen molar-refractivity contribution in [1.82, 2.24) is 4.90 Å². The molecule has 2 saturated heterocycles. The highest BCUT2D eigenvalue weighted by atomic mass is 16.5. The molecular weight excluding hydrogens is 260 g/mol. The smallest absolute Gasteiger partial charge is 0.119 e. The monoisotopic (exact) mass is 280 g/mol. The summed E-state index contributed by atoms with van der Waals surface area (Å²) in [5.74, 6) is 0.925.